The second kappa shape index (κ2) is 4.46. The van der Waals surface area contributed by atoms with Crippen molar-refractivity contribution in [3.8, 4) is 0 Å². The third-order valence-corrected chi connectivity index (χ3v) is 4.35. The maximum atomic E-state index is 12.3. The molecule has 0 radical (unpaired) electrons. The second-order valence-corrected chi connectivity index (χ2v) is 6.39. The topological polar surface area (TPSA) is 72.2 Å². The Morgan fingerprint density at radius 1 is 1.40 bits per heavy atom. The highest BCUT2D eigenvalue weighted by Crippen LogP contribution is 2.53. The zero-order valence-corrected chi connectivity index (χ0v) is 11.7. The summed E-state index contributed by atoms with van der Waals surface area (Å²) in [5.74, 6) is -1.26. The van der Waals surface area contributed by atoms with E-state index in [1.807, 2.05) is 0 Å². The fraction of sp³-hybridized carbons (Fsp3) is 0.308. The van der Waals surface area contributed by atoms with Crippen molar-refractivity contribution in [2.24, 2.45) is 5.92 Å². The molecule has 0 saturated heterocycles. The number of carbonyl (C=O) groups is 1. The molecule has 0 amide bonds. The minimum absolute atomic E-state index is 0.0844. The van der Waals surface area contributed by atoms with Crippen LogP contribution in [-0.4, -0.2) is 25.2 Å². The third-order valence-electron chi connectivity index (χ3n) is 3.42. The van der Waals surface area contributed by atoms with Gasteiger partial charge < -0.3 is 5.11 Å². The number of fused-ring (bicyclic) bond motifs is 1. The summed E-state index contributed by atoms with van der Waals surface area (Å²) in [5, 5.41) is 13.8. The van der Waals surface area contributed by atoms with Crippen LogP contribution in [0.5, 0.6) is 0 Å². The Balaban J connectivity index is 2.16. The Morgan fingerprint density at radius 3 is 2.55 bits per heavy atom. The third kappa shape index (κ3) is 2.17. The van der Waals surface area contributed by atoms with E-state index in [1.54, 1.807) is 24.3 Å². The van der Waals surface area contributed by atoms with Crippen LogP contribution in [0.2, 0.25) is 0 Å². The fourth-order valence-corrected chi connectivity index (χ4v) is 2.70. The van der Waals surface area contributed by atoms with E-state index in [1.165, 1.54) is 0 Å². The quantitative estimate of drug-likeness (QED) is 0.883. The standard InChI is InChI=1S/C13H10Cl2N2O3/c14-13(15)5-7(13)6-17-11(18)9-4-2-1-3-8(9)10(16-17)12(19)20/h1-4,7H,5-6H2,(H,19,20). The summed E-state index contributed by atoms with van der Waals surface area (Å²) < 4.78 is 0.305. The Morgan fingerprint density at radius 2 is 2.00 bits per heavy atom. The van der Waals surface area contributed by atoms with E-state index in [2.05, 4.69) is 5.10 Å². The minimum Gasteiger partial charge on any atom is -0.476 e. The lowest BCUT2D eigenvalue weighted by Gasteiger charge is -2.08. The van der Waals surface area contributed by atoms with Crippen molar-refractivity contribution in [1.29, 1.82) is 0 Å². The first-order valence-electron chi connectivity index (χ1n) is 6.01. The highest BCUT2D eigenvalue weighted by atomic mass is 35.5. The molecule has 7 heteroatoms. The smallest absolute Gasteiger partial charge is 0.357 e. The van der Waals surface area contributed by atoms with Gasteiger partial charge in [-0.25, -0.2) is 9.48 Å². The number of halogens is 2. The molecular formula is C13H10Cl2N2O3. The molecule has 0 spiro atoms. The predicted octanol–water partition coefficient (Wildman–Crippen LogP) is 2.29. The monoisotopic (exact) mass is 312 g/mol. The SMILES string of the molecule is O=C(O)c1nn(CC2CC2(Cl)Cl)c(=O)c2ccccc12. The average Bonchev–Trinajstić information content (AvgIpc) is 3.00. The van der Waals surface area contributed by atoms with Crippen molar-refractivity contribution >= 4 is 39.9 Å². The van der Waals surface area contributed by atoms with Crippen LogP contribution in [0.1, 0.15) is 16.9 Å². The van der Waals surface area contributed by atoms with Crippen LogP contribution < -0.4 is 5.56 Å². The lowest BCUT2D eigenvalue weighted by Crippen LogP contribution is -2.27. The molecule has 1 fully saturated rings. The van der Waals surface area contributed by atoms with Crippen LogP contribution >= 0.6 is 23.2 Å². The van der Waals surface area contributed by atoms with Gasteiger partial charge in [-0.2, -0.15) is 5.10 Å². The molecule has 1 atom stereocenters. The van der Waals surface area contributed by atoms with Crippen molar-refractivity contribution in [2.75, 3.05) is 0 Å². The largest absolute Gasteiger partial charge is 0.476 e. The molecule has 104 valence electrons. The number of hydrogen-bond acceptors (Lipinski definition) is 3. The lowest BCUT2D eigenvalue weighted by atomic mass is 10.1. The van der Waals surface area contributed by atoms with Crippen molar-refractivity contribution < 1.29 is 9.90 Å². The van der Waals surface area contributed by atoms with Gasteiger partial charge in [0, 0.05) is 11.3 Å². The Hall–Kier alpha value is -1.59. The maximum Gasteiger partial charge on any atom is 0.357 e. The molecular weight excluding hydrogens is 303 g/mol. The molecule has 1 unspecified atom stereocenters. The first-order valence-corrected chi connectivity index (χ1v) is 6.77. The number of aromatic carboxylic acids is 1. The van der Waals surface area contributed by atoms with E-state index in [-0.39, 0.29) is 23.7 Å². The van der Waals surface area contributed by atoms with Crippen LogP contribution in [0.25, 0.3) is 10.8 Å². The van der Waals surface area contributed by atoms with E-state index >= 15 is 0 Å². The Bertz CT molecular complexity index is 770. The molecule has 20 heavy (non-hydrogen) atoms. The summed E-state index contributed by atoms with van der Waals surface area (Å²) in [4.78, 5) is 23.6. The molecule has 1 aliphatic carbocycles. The molecule has 0 bridgehead atoms. The van der Waals surface area contributed by atoms with Crippen LogP contribution in [0, 0.1) is 5.92 Å². The first kappa shape index (κ1) is 13.4. The maximum absolute atomic E-state index is 12.3. The van der Waals surface area contributed by atoms with E-state index in [0.29, 0.717) is 17.2 Å². The van der Waals surface area contributed by atoms with Crippen LogP contribution in [0.3, 0.4) is 0 Å². The van der Waals surface area contributed by atoms with Gasteiger partial charge >= 0.3 is 5.97 Å². The number of rotatable bonds is 3. The van der Waals surface area contributed by atoms with E-state index in [4.69, 9.17) is 23.2 Å². The highest BCUT2D eigenvalue weighted by molar-refractivity contribution is 6.50. The van der Waals surface area contributed by atoms with Gasteiger partial charge in [-0.05, 0) is 12.5 Å². The van der Waals surface area contributed by atoms with E-state index < -0.39 is 10.3 Å². The van der Waals surface area contributed by atoms with Crippen LogP contribution in [0.15, 0.2) is 29.1 Å². The van der Waals surface area contributed by atoms with Crippen molar-refractivity contribution in [3.05, 3.63) is 40.3 Å². The normalized spacial score (nSPS) is 20.0. The number of nitrogens with zero attached hydrogens (tertiary/aromatic N) is 2. The molecule has 5 nitrogen and oxygen atoms in total. The summed E-state index contributed by atoms with van der Waals surface area (Å²) >= 11 is 11.9. The molecule has 1 heterocycles. The summed E-state index contributed by atoms with van der Waals surface area (Å²) in [6.45, 7) is 0.219. The summed E-state index contributed by atoms with van der Waals surface area (Å²) in [6.07, 6.45) is 0.569. The molecule has 2 aromatic rings. The molecule has 0 aliphatic heterocycles. The summed E-state index contributed by atoms with van der Waals surface area (Å²) in [6, 6.07) is 6.51. The molecule has 1 aromatic carbocycles. The number of alkyl halides is 2. The van der Waals surface area contributed by atoms with Crippen molar-refractivity contribution in [3.63, 3.8) is 0 Å². The average molecular weight is 313 g/mol. The van der Waals surface area contributed by atoms with Gasteiger partial charge in [0.25, 0.3) is 5.56 Å². The Kier molecular flexibility index (Phi) is 2.99. The lowest BCUT2D eigenvalue weighted by molar-refractivity contribution is 0.0690. The number of benzene rings is 1. The molecule has 1 saturated carbocycles. The fourth-order valence-electron chi connectivity index (χ4n) is 2.19. The number of hydrogen-bond donors (Lipinski definition) is 1. The molecule has 1 N–H and O–H groups in total. The second-order valence-electron chi connectivity index (χ2n) is 4.85. The van der Waals surface area contributed by atoms with Gasteiger partial charge in [0.05, 0.1) is 11.9 Å². The van der Waals surface area contributed by atoms with E-state index in [0.717, 1.165) is 4.68 Å². The Labute approximate surface area is 123 Å². The summed E-state index contributed by atoms with van der Waals surface area (Å²) in [7, 11) is 0. The van der Waals surface area contributed by atoms with E-state index in [9.17, 15) is 14.7 Å². The highest BCUT2D eigenvalue weighted by Gasteiger charge is 2.51. The van der Waals surface area contributed by atoms with Crippen LogP contribution in [-0.2, 0) is 6.54 Å². The van der Waals surface area contributed by atoms with Crippen LogP contribution in [0.4, 0.5) is 0 Å². The summed E-state index contributed by atoms with van der Waals surface area (Å²) in [5.41, 5.74) is -0.475. The zero-order valence-electron chi connectivity index (χ0n) is 10.2. The predicted molar refractivity (Wildman–Crippen MR) is 75.5 cm³/mol. The van der Waals surface area contributed by atoms with Gasteiger partial charge in [-0.3, -0.25) is 4.79 Å². The molecule has 3 rings (SSSR count). The van der Waals surface area contributed by atoms with Gasteiger partial charge in [-0.15, -0.1) is 23.2 Å². The number of aromatic nitrogens is 2. The molecule has 1 aromatic heterocycles. The molecule has 1 aliphatic rings. The van der Waals surface area contributed by atoms with Gasteiger partial charge in [0.1, 0.15) is 4.33 Å². The van der Waals surface area contributed by atoms with Gasteiger partial charge in [-0.1, -0.05) is 18.2 Å². The zero-order chi connectivity index (χ0) is 14.5. The van der Waals surface area contributed by atoms with Crippen molar-refractivity contribution in [2.45, 2.75) is 17.3 Å². The van der Waals surface area contributed by atoms with Gasteiger partial charge in [0.2, 0.25) is 0 Å². The number of carboxylic acid groups (broad SMARTS) is 1. The van der Waals surface area contributed by atoms with Gasteiger partial charge in [0.15, 0.2) is 5.69 Å². The van der Waals surface area contributed by atoms with Crippen molar-refractivity contribution in [1.82, 2.24) is 9.78 Å². The first-order chi connectivity index (χ1) is 9.40. The number of carboxylic acids is 1. The minimum atomic E-state index is -1.17.